The number of nitrogens with one attached hydrogen (secondary N) is 1. The number of hydrogen-bond donors (Lipinski definition) is 1. The minimum absolute atomic E-state index is 0.0217. The summed E-state index contributed by atoms with van der Waals surface area (Å²) in [4.78, 5) is 25.8. The minimum atomic E-state index is -0.344. The van der Waals surface area contributed by atoms with Crippen LogP contribution in [-0.2, 0) is 9.59 Å². The van der Waals surface area contributed by atoms with Gasteiger partial charge in [-0.25, -0.2) is 0 Å². The molecule has 0 saturated carbocycles. The van der Waals surface area contributed by atoms with E-state index in [2.05, 4.69) is 5.32 Å². The molecule has 0 fully saturated rings. The van der Waals surface area contributed by atoms with Gasteiger partial charge in [-0.2, -0.15) is 0 Å². The van der Waals surface area contributed by atoms with Gasteiger partial charge < -0.3 is 19.5 Å². The van der Waals surface area contributed by atoms with Crippen LogP contribution in [-0.4, -0.2) is 33.0 Å². The van der Waals surface area contributed by atoms with Gasteiger partial charge in [-0.3, -0.25) is 9.59 Å². The Labute approximate surface area is 175 Å². The Kier molecular flexibility index (Phi) is 5.48. The summed E-state index contributed by atoms with van der Waals surface area (Å²) >= 11 is 0. The van der Waals surface area contributed by atoms with E-state index < -0.39 is 0 Å². The first kappa shape index (κ1) is 20.0. The van der Waals surface area contributed by atoms with Crippen LogP contribution < -0.4 is 19.5 Å². The van der Waals surface area contributed by atoms with Crippen molar-refractivity contribution in [1.29, 1.82) is 0 Å². The van der Waals surface area contributed by atoms with E-state index in [9.17, 15) is 9.59 Å². The van der Waals surface area contributed by atoms with Crippen LogP contribution in [0.2, 0.25) is 0 Å². The summed E-state index contributed by atoms with van der Waals surface area (Å²) in [5, 5.41) is 2.96. The topological polar surface area (TPSA) is 73.9 Å². The molecule has 0 radical (unpaired) electrons. The number of methoxy groups -OCH3 is 3. The summed E-state index contributed by atoms with van der Waals surface area (Å²) in [6.07, 6.45) is 1.23. The summed E-state index contributed by atoms with van der Waals surface area (Å²) in [6, 6.07) is 13.2. The molecule has 6 heteroatoms. The van der Waals surface area contributed by atoms with Crippen molar-refractivity contribution in [1.82, 2.24) is 5.32 Å². The number of carbonyl (C=O) groups is 2. The Hall–Kier alpha value is -3.28. The van der Waals surface area contributed by atoms with E-state index in [4.69, 9.17) is 14.2 Å². The van der Waals surface area contributed by atoms with E-state index in [1.54, 1.807) is 21.3 Å². The van der Waals surface area contributed by atoms with Crippen molar-refractivity contribution in [2.75, 3.05) is 21.3 Å². The highest BCUT2D eigenvalue weighted by molar-refractivity contribution is 6.02. The normalized spacial score (nSPS) is 21.0. The maximum absolute atomic E-state index is 13.3. The van der Waals surface area contributed by atoms with E-state index in [0.29, 0.717) is 29.9 Å². The highest BCUT2D eigenvalue weighted by Crippen LogP contribution is 2.45. The third-order valence-electron chi connectivity index (χ3n) is 5.94. The molecule has 0 bridgehead atoms. The predicted molar refractivity (Wildman–Crippen MR) is 112 cm³/mol. The van der Waals surface area contributed by atoms with Gasteiger partial charge in [0.05, 0.1) is 21.3 Å². The first-order valence-electron chi connectivity index (χ1n) is 9.96. The first-order valence-corrected chi connectivity index (χ1v) is 9.96. The van der Waals surface area contributed by atoms with Crippen LogP contribution in [0.5, 0.6) is 17.2 Å². The second kappa shape index (κ2) is 8.22. The zero-order valence-electron chi connectivity index (χ0n) is 17.4. The second-order valence-electron chi connectivity index (χ2n) is 7.61. The number of ether oxygens (including phenoxy) is 3. The molecule has 30 heavy (non-hydrogen) atoms. The molecule has 4 rings (SSSR count). The quantitative estimate of drug-likeness (QED) is 0.818. The zero-order valence-corrected chi connectivity index (χ0v) is 17.4. The number of allylic oxidation sites excluding steroid dienone is 2. The molecule has 0 aromatic heterocycles. The highest BCUT2D eigenvalue weighted by atomic mass is 16.5. The third-order valence-corrected chi connectivity index (χ3v) is 5.94. The van der Waals surface area contributed by atoms with E-state index in [-0.39, 0.29) is 29.9 Å². The van der Waals surface area contributed by atoms with Crippen LogP contribution in [0.1, 0.15) is 42.2 Å². The molecule has 6 nitrogen and oxygen atoms in total. The number of carbonyl (C=O) groups excluding carboxylic acids is 2. The minimum Gasteiger partial charge on any atom is -0.497 e. The average molecular weight is 407 g/mol. The first-order chi connectivity index (χ1) is 14.5. The van der Waals surface area contributed by atoms with Crippen molar-refractivity contribution in [3.63, 3.8) is 0 Å². The predicted octanol–water partition coefficient (Wildman–Crippen LogP) is 3.72. The highest BCUT2D eigenvalue weighted by Gasteiger charge is 2.39. The van der Waals surface area contributed by atoms with Gasteiger partial charge >= 0.3 is 0 Å². The van der Waals surface area contributed by atoms with Gasteiger partial charge in [0.15, 0.2) is 5.78 Å². The van der Waals surface area contributed by atoms with Gasteiger partial charge in [-0.1, -0.05) is 12.1 Å². The Balaban J connectivity index is 1.72. The lowest BCUT2D eigenvalue weighted by atomic mass is 9.73. The molecule has 1 aliphatic heterocycles. The van der Waals surface area contributed by atoms with Crippen LogP contribution in [0.15, 0.2) is 53.7 Å². The smallest absolute Gasteiger partial charge is 0.225 e. The van der Waals surface area contributed by atoms with Crippen molar-refractivity contribution in [2.45, 2.75) is 31.1 Å². The Morgan fingerprint density at radius 1 is 0.833 bits per heavy atom. The summed E-state index contributed by atoms with van der Waals surface area (Å²) in [6.45, 7) is 0. The van der Waals surface area contributed by atoms with E-state index >= 15 is 0 Å². The van der Waals surface area contributed by atoms with Crippen molar-refractivity contribution in [3.05, 3.63) is 64.9 Å². The van der Waals surface area contributed by atoms with Crippen molar-refractivity contribution >= 4 is 11.7 Å². The lowest BCUT2D eigenvalue weighted by Gasteiger charge is -2.35. The summed E-state index contributed by atoms with van der Waals surface area (Å²) in [7, 11) is 4.81. The Morgan fingerprint density at radius 2 is 1.53 bits per heavy atom. The van der Waals surface area contributed by atoms with Gasteiger partial charge in [-0.05, 0) is 48.2 Å². The van der Waals surface area contributed by atoms with Crippen LogP contribution in [0, 0.1) is 0 Å². The number of rotatable bonds is 5. The van der Waals surface area contributed by atoms with Crippen LogP contribution in [0.3, 0.4) is 0 Å². The fourth-order valence-electron chi connectivity index (χ4n) is 4.45. The molecule has 2 aliphatic rings. The Bertz CT molecular complexity index is 1010. The summed E-state index contributed by atoms with van der Waals surface area (Å²) < 4.78 is 16.1. The maximum Gasteiger partial charge on any atom is 0.225 e. The molecule has 2 aromatic carbocycles. The molecule has 1 heterocycles. The third kappa shape index (κ3) is 3.65. The lowest BCUT2D eigenvalue weighted by Crippen LogP contribution is -2.38. The molecular formula is C24H25NO5. The standard InChI is InChI=1S/C24H25NO5/c1-28-16-6-4-14(5-7-16)15-10-20-24(21(26)11-15)19(13-23(27)25-20)18-12-17(29-2)8-9-22(18)30-3/h4-9,12,15,19H,10-11,13H2,1-3H3,(H,25,27)/t15-,19-/m0/s1. The molecular weight excluding hydrogens is 382 g/mol. The SMILES string of the molecule is COc1ccc([C@@H]2CC(=O)C3=C(C2)NC(=O)C[C@H]3c2cc(OC)ccc2OC)cc1. The van der Waals surface area contributed by atoms with Gasteiger partial charge in [0, 0.05) is 35.6 Å². The summed E-state index contributed by atoms with van der Waals surface area (Å²) in [5.74, 6) is 1.73. The molecule has 0 unspecified atom stereocenters. The van der Waals surface area contributed by atoms with Crippen LogP contribution in [0.25, 0.3) is 0 Å². The van der Waals surface area contributed by atoms with Gasteiger partial charge in [0.2, 0.25) is 5.91 Å². The fraction of sp³-hybridized carbons (Fsp3) is 0.333. The maximum atomic E-state index is 13.3. The molecule has 156 valence electrons. The van der Waals surface area contributed by atoms with Crippen molar-refractivity contribution in [2.24, 2.45) is 0 Å². The monoisotopic (exact) mass is 407 g/mol. The molecule has 1 amide bonds. The van der Waals surface area contributed by atoms with Crippen LogP contribution in [0.4, 0.5) is 0 Å². The fourth-order valence-corrected chi connectivity index (χ4v) is 4.45. The van der Waals surface area contributed by atoms with E-state index in [1.165, 1.54) is 0 Å². The number of hydrogen-bond acceptors (Lipinski definition) is 5. The molecule has 1 N–H and O–H groups in total. The lowest BCUT2D eigenvalue weighted by molar-refractivity contribution is -0.122. The number of Topliss-reactive ketones (excluding diaryl/α,β-unsaturated/α-hetero) is 1. The van der Waals surface area contributed by atoms with E-state index in [1.807, 2.05) is 42.5 Å². The van der Waals surface area contributed by atoms with Gasteiger partial charge in [0.1, 0.15) is 17.2 Å². The number of amides is 1. The Morgan fingerprint density at radius 3 is 2.20 bits per heavy atom. The molecule has 2 aromatic rings. The van der Waals surface area contributed by atoms with E-state index in [0.717, 1.165) is 22.6 Å². The van der Waals surface area contributed by atoms with Gasteiger partial charge in [-0.15, -0.1) is 0 Å². The zero-order chi connectivity index (χ0) is 21.3. The molecule has 0 saturated heterocycles. The molecule has 2 atom stereocenters. The van der Waals surface area contributed by atoms with Crippen molar-refractivity contribution < 1.29 is 23.8 Å². The van der Waals surface area contributed by atoms with Gasteiger partial charge in [0.25, 0.3) is 0 Å². The average Bonchev–Trinajstić information content (AvgIpc) is 2.77. The summed E-state index contributed by atoms with van der Waals surface area (Å²) in [5.41, 5.74) is 3.27. The van der Waals surface area contributed by atoms with Crippen molar-refractivity contribution in [3.8, 4) is 17.2 Å². The second-order valence-corrected chi connectivity index (χ2v) is 7.61. The number of benzene rings is 2. The molecule has 0 spiro atoms. The number of ketones is 1. The van der Waals surface area contributed by atoms with Crippen LogP contribution >= 0.6 is 0 Å². The largest absolute Gasteiger partial charge is 0.497 e. The molecule has 1 aliphatic carbocycles.